The van der Waals surface area contributed by atoms with Crippen molar-refractivity contribution >= 4 is 42.1 Å². The summed E-state index contributed by atoms with van der Waals surface area (Å²) in [6.07, 6.45) is -3.84. The van der Waals surface area contributed by atoms with Crippen LogP contribution in [0.4, 0.5) is 18.9 Å². The highest BCUT2D eigenvalue weighted by Gasteiger charge is 2.41. The third-order valence-electron chi connectivity index (χ3n) is 3.55. The van der Waals surface area contributed by atoms with E-state index >= 15 is 0 Å². The van der Waals surface area contributed by atoms with Crippen molar-refractivity contribution in [1.29, 1.82) is 0 Å². The molecule has 1 aromatic carbocycles. The summed E-state index contributed by atoms with van der Waals surface area (Å²) in [6, 6.07) is 5.46. The molecule has 0 bridgehead atoms. The van der Waals surface area contributed by atoms with E-state index < -0.39 is 12.1 Å². The van der Waals surface area contributed by atoms with Gasteiger partial charge in [-0.1, -0.05) is 17.7 Å². The Kier molecular flexibility index (Phi) is 8.18. The van der Waals surface area contributed by atoms with E-state index in [-0.39, 0.29) is 37.7 Å². The molecule has 1 aromatic rings. The normalized spacial score (nSPS) is 16.1. The van der Waals surface area contributed by atoms with Crippen LogP contribution in [0, 0.1) is 5.92 Å². The minimum absolute atomic E-state index is 0. The summed E-state index contributed by atoms with van der Waals surface area (Å²) >= 11 is 6.15. The molecular formula is C13H18Cl3F3N2. The Morgan fingerprint density at radius 2 is 1.76 bits per heavy atom. The highest BCUT2D eigenvalue weighted by molar-refractivity contribution is 6.33. The van der Waals surface area contributed by atoms with Crippen molar-refractivity contribution in [3.05, 3.63) is 28.8 Å². The van der Waals surface area contributed by atoms with Gasteiger partial charge in [-0.2, -0.15) is 13.2 Å². The minimum Gasteiger partial charge on any atom is -0.370 e. The topological polar surface area (TPSA) is 29.3 Å². The zero-order valence-electron chi connectivity index (χ0n) is 11.2. The number of piperidine rings is 1. The molecule has 1 aliphatic rings. The first-order valence-corrected chi connectivity index (χ1v) is 6.59. The molecule has 122 valence electrons. The summed E-state index contributed by atoms with van der Waals surface area (Å²) in [6.45, 7) is 1.16. The van der Waals surface area contributed by atoms with Gasteiger partial charge in [-0.3, -0.25) is 0 Å². The highest BCUT2D eigenvalue weighted by Crippen LogP contribution is 2.37. The molecule has 1 aliphatic heterocycles. The van der Waals surface area contributed by atoms with Crippen molar-refractivity contribution in [2.24, 2.45) is 11.7 Å². The maximum Gasteiger partial charge on any atom is 0.391 e. The quantitative estimate of drug-likeness (QED) is 0.840. The second-order valence-corrected chi connectivity index (χ2v) is 5.20. The summed E-state index contributed by atoms with van der Waals surface area (Å²) < 4.78 is 37.8. The molecule has 2 N–H and O–H groups in total. The van der Waals surface area contributed by atoms with Crippen molar-refractivity contribution in [2.45, 2.75) is 25.6 Å². The maximum absolute atomic E-state index is 12.6. The van der Waals surface area contributed by atoms with Crippen molar-refractivity contribution < 1.29 is 13.2 Å². The molecule has 2 rings (SSSR count). The lowest BCUT2D eigenvalue weighted by Gasteiger charge is -2.34. The largest absolute Gasteiger partial charge is 0.391 e. The standard InChI is InChI=1S/C13H16ClF3N2.2ClH/c14-11-7-9(8-18)1-2-12(11)19-5-3-10(4-6-19)13(15,16)17;;/h1-2,7,10H,3-6,8,18H2;2*1H. The fraction of sp³-hybridized carbons (Fsp3) is 0.538. The third-order valence-corrected chi connectivity index (χ3v) is 3.85. The predicted octanol–water partition coefficient (Wildman–Crippen LogP) is 4.42. The number of nitrogens with two attached hydrogens (primary N) is 1. The maximum atomic E-state index is 12.6. The van der Waals surface area contributed by atoms with Gasteiger partial charge < -0.3 is 10.6 Å². The summed E-state index contributed by atoms with van der Waals surface area (Å²) in [7, 11) is 0. The van der Waals surface area contributed by atoms with Crippen LogP contribution in [0.3, 0.4) is 0 Å². The van der Waals surface area contributed by atoms with E-state index in [1.807, 2.05) is 17.0 Å². The van der Waals surface area contributed by atoms with Crippen LogP contribution in [0.25, 0.3) is 0 Å². The third kappa shape index (κ3) is 5.09. The summed E-state index contributed by atoms with van der Waals surface area (Å²) in [5, 5.41) is 0.549. The van der Waals surface area contributed by atoms with Crippen LogP contribution in [-0.2, 0) is 6.54 Å². The molecule has 1 saturated heterocycles. The first kappa shape index (κ1) is 20.6. The number of anilines is 1. The molecular weight excluding hydrogens is 348 g/mol. The summed E-state index contributed by atoms with van der Waals surface area (Å²) in [5.74, 6) is -1.19. The Morgan fingerprint density at radius 1 is 1.19 bits per heavy atom. The van der Waals surface area contributed by atoms with E-state index in [1.54, 1.807) is 6.07 Å². The van der Waals surface area contributed by atoms with Crippen molar-refractivity contribution in [3.8, 4) is 0 Å². The molecule has 0 radical (unpaired) electrons. The van der Waals surface area contributed by atoms with Crippen LogP contribution in [0.1, 0.15) is 18.4 Å². The first-order valence-electron chi connectivity index (χ1n) is 6.22. The molecule has 0 aromatic heterocycles. The molecule has 0 aliphatic carbocycles. The Balaban J connectivity index is 0.00000200. The minimum atomic E-state index is -4.08. The average molecular weight is 366 g/mol. The molecule has 0 saturated carbocycles. The van der Waals surface area contributed by atoms with Gasteiger partial charge in [-0.15, -0.1) is 24.8 Å². The van der Waals surface area contributed by atoms with Gasteiger partial charge >= 0.3 is 6.18 Å². The number of halogens is 6. The van der Waals surface area contributed by atoms with E-state index in [1.165, 1.54) is 0 Å². The molecule has 8 heteroatoms. The number of benzene rings is 1. The van der Waals surface area contributed by atoms with Crippen molar-refractivity contribution in [2.75, 3.05) is 18.0 Å². The van der Waals surface area contributed by atoms with Gasteiger partial charge in [-0.05, 0) is 30.5 Å². The fourth-order valence-corrected chi connectivity index (χ4v) is 2.70. The van der Waals surface area contributed by atoms with Crippen LogP contribution >= 0.6 is 36.4 Å². The Morgan fingerprint density at radius 3 is 2.19 bits per heavy atom. The Labute approximate surface area is 139 Å². The summed E-state index contributed by atoms with van der Waals surface area (Å²) in [5.41, 5.74) is 7.22. The highest BCUT2D eigenvalue weighted by atomic mass is 35.5. The number of nitrogens with zero attached hydrogens (tertiary/aromatic N) is 1. The second-order valence-electron chi connectivity index (χ2n) is 4.79. The molecule has 0 spiro atoms. The van der Waals surface area contributed by atoms with Gasteiger partial charge in [0.05, 0.1) is 16.6 Å². The van der Waals surface area contributed by atoms with E-state index in [2.05, 4.69) is 0 Å². The van der Waals surface area contributed by atoms with Gasteiger partial charge in [0.2, 0.25) is 0 Å². The van der Waals surface area contributed by atoms with E-state index in [4.69, 9.17) is 17.3 Å². The summed E-state index contributed by atoms with van der Waals surface area (Å²) in [4.78, 5) is 1.91. The lowest BCUT2D eigenvalue weighted by Crippen LogP contribution is -2.39. The van der Waals surface area contributed by atoms with Crippen LogP contribution in [0.5, 0.6) is 0 Å². The average Bonchev–Trinajstić information content (AvgIpc) is 2.37. The first-order chi connectivity index (χ1) is 8.91. The molecule has 0 atom stereocenters. The van der Waals surface area contributed by atoms with Crippen LogP contribution in [0.15, 0.2) is 18.2 Å². The molecule has 0 amide bonds. The van der Waals surface area contributed by atoms with E-state index in [9.17, 15) is 13.2 Å². The van der Waals surface area contributed by atoms with Gasteiger partial charge in [0.25, 0.3) is 0 Å². The van der Waals surface area contributed by atoms with Gasteiger partial charge in [0, 0.05) is 19.6 Å². The van der Waals surface area contributed by atoms with Crippen LogP contribution < -0.4 is 10.6 Å². The van der Waals surface area contributed by atoms with Gasteiger partial charge in [-0.25, -0.2) is 0 Å². The Bertz CT molecular complexity index is 447. The number of hydrogen-bond acceptors (Lipinski definition) is 2. The fourth-order valence-electron chi connectivity index (χ4n) is 2.38. The number of rotatable bonds is 2. The predicted molar refractivity (Wildman–Crippen MR) is 84.8 cm³/mol. The lowest BCUT2D eigenvalue weighted by atomic mass is 9.96. The molecule has 2 nitrogen and oxygen atoms in total. The Hall–Kier alpha value is -0.360. The number of hydrogen-bond donors (Lipinski definition) is 1. The molecule has 1 heterocycles. The number of alkyl halides is 3. The SMILES string of the molecule is Cl.Cl.NCc1ccc(N2CCC(C(F)(F)F)CC2)c(Cl)c1. The molecule has 0 unspecified atom stereocenters. The van der Waals surface area contributed by atoms with E-state index in [0.29, 0.717) is 24.7 Å². The zero-order chi connectivity index (χ0) is 14.0. The monoisotopic (exact) mass is 364 g/mol. The second kappa shape index (κ2) is 8.32. The van der Waals surface area contributed by atoms with E-state index in [0.717, 1.165) is 11.3 Å². The van der Waals surface area contributed by atoms with Gasteiger partial charge in [0.15, 0.2) is 0 Å². The van der Waals surface area contributed by atoms with Crippen LogP contribution in [-0.4, -0.2) is 19.3 Å². The molecule has 21 heavy (non-hydrogen) atoms. The lowest BCUT2D eigenvalue weighted by molar-refractivity contribution is -0.179. The van der Waals surface area contributed by atoms with Gasteiger partial charge in [0.1, 0.15) is 0 Å². The molecule has 1 fully saturated rings. The zero-order valence-corrected chi connectivity index (χ0v) is 13.6. The van der Waals surface area contributed by atoms with Crippen LogP contribution in [0.2, 0.25) is 5.02 Å². The van der Waals surface area contributed by atoms with Crippen molar-refractivity contribution in [3.63, 3.8) is 0 Å². The smallest absolute Gasteiger partial charge is 0.370 e. The van der Waals surface area contributed by atoms with Crippen molar-refractivity contribution in [1.82, 2.24) is 0 Å².